The fourth-order valence-electron chi connectivity index (χ4n) is 4.26. The molecule has 0 radical (unpaired) electrons. The highest BCUT2D eigenvalue weighted by Gasteiger charge is 2.23. The number of hydrogen-bond acceptors (Lipinski definition) is 3. The van der Waals surface area contributed by atoms with Crippen molar-refractivity contribution >= 4 is 5.78 Å². The quantitative estimate of drug-likeness (QED) is 0.368. The second kappa shape index (κ2) is 8.82. The van der Waals surface area contributed by atoms with E-state index in [0.29, 0.717) is 16.9 Å². The topological polar surface area (TPSA) is 35.5 Å². The van der Waals surface area contributed by atoms with Gasteiger partial charge in [0, 0.05) is 11.1 Å². The summed E-state index contributed by atoms with van der Waals surface area (Å²) in [5, 5.41) is 0. The van der Waals surface area contributed by atoms with Gasteiger partial charge in [0.25, 0.3) is 0 Å². The van der Waals surface area contributed by atoms with Crippen LogP contribution in [-0.2, 0) is 5.41 Å². The third kappa shape index (κ3) is 5.21. The zero-order valence-electron chi connectivity index (χ0n) is 19.5. The molecular weight excluding hydrogens is 396 g/mol. The van der Waals surface area contributed by atoms with Crippen LogP contribution in [0.2, 0.25) is 0 Å². The van der Waals surface area contributed by atoms with Crippen molar-refractivity contribution in [3.8, 4) is 17.2 Å². The number of carbonyl (C=O) groups excluding carboxylic acids is 1. The van der Waals surface area contributed by atoms with Gasteiger partial charge in [-0.25, -0.2) is 0 Å². The predicted octanol–water partition coefficient (Wildman–Crippen LogP) is 7.72. The highest BCUT2D eigenvalue weighted by Crippen LogP contribution is 2.32. The van der Waals surface area contributed by atoms with Crippen LogP contribution in [0.3, 0.4) is 0 Å². The summed E-state index contributed by atoms with van der Waals surface area (Å²) in [7, 11) is 0. The van der Waals surface area contributed by atoms with E-state index in [2.05, 4.69) is 39.8 Å². The minimum atomic E-state index is -0.233. The summed E-state index contributed by atoms with van der Waals surface area (Å²) >= 11 is 0. The molecule has 0 amide bonds. The summed E-state index contributed by atoms with van der Waals surface area (Å²) in [4.78, 5) is 12.9. The molecule has 0 spiro atoms. The van der Waals surface area contributed by atoms with E-state index in [9.17, 15) is 4.79 Å². The van der Waals surface area contributed by atoms with E-state index in [1.54, 1.807) is 0 Å². The molecule has 6 bridgehead atoms. The summed E-state index contributed by atoms with van der Waals surface area (Å²) < 4.78 is 12.2. The number of fused-ring (bicyclic) bond motifs is 1. The zero-order valence-corrected chi connectivity index (χ0v) is 19.5. The molecule has 0 aromatic heterocycles. The number of benzene rings is 3. The summed E-state index contributed by atoms with van der Waals surface area (Å²) in [6, 6.07) is 23.1. The lowest BCUT2D eigenvalue weighted by Crippen LogP contribution is -2.28. The summed E-state index contributed by atoms with van der Waals surface area (Å²) in [5.41, 5.74) is 2.45. The van der Waals surface area contributed by atoms with Gasteiger partial charge in [-0.05, 0) is 92.6 Å². The van der Waals surface area contributed by atoms with E-state index >= 15 is 0 Å². The van der Waals surface area contributed by atoms with Crippen molar-refractivity contribution in [3.63, 3.8) is 0 Å². The van der Waals surface area contributed by atoms with Crippen LogP contribution in [0.5, 0.6) is 17.2 Å². The van der Waals surface area contributed by atoms with Gasteiger partial charge in [0.1, 0.15) is 22.8 Å². The van der Waals surface area contributed by atoms with Gasteiger partial charge in [0.2, 0.25) is 0 Å². The molecule has 0 N–H and O–H groups in total. The minimum absolute atomic E-state index is 0.0236. The number of ketones is 1. The van der Waals surface area contributed by atoms with Crippen LogP contribution in [0.4, 0.5) is 0 Å². The van der Waals surface area contributed by atoms with Crippen LogP contribution < -0.4 is 9.47 Å². The molecule has 3 nitrogen and oxygen atoms in total. The smallest absolute Gasteiger partial charge is 0.193 e. The van der Waals surface area contributed by atoms with E-state index in [-0.39, 0.29) is 16.8 Å². The minimum Gasteiger partial charge on any atom is -0.488 e. The molecule has 5 aliphatic rings. The monoisotopic (exact) mass is 428 g/mol. The zero-order chi connectivity index (χ0) is 22.8. The van der Waals surface area contributed by atoms with E-state index < -0.39 is 0 Å². The fraction of sp³-hybridized carbons (Fsp3) is 0.345. The first-order valence-corrected chi connectivity index (χ1v) is 11.4. The van der Waals surface area contributed by atoms with Crippen LogP contribution in [0.1, 0.15) is 74.9 Å². The first-order valence-electron chi connectivity index (χ1n) is 11.4. The lowest BCUT2D eigenvalue weighted by atomic mass is 9.79. The lowest BCUT2D eigenvalue weighted by molar-refractivity contribution is 0.0954. The molecule has 8 rings (SSSR count). The molecular formula is C29H32O3. The summed E-state index contributed by atoms with van der Waals surface area (Å²) in [5.74, 6) is 2.29. The van der Waals surface area contributed by atoms with Crippen molar-refractivity contribution in [1.29, 1.82) is 0 Å². The third-order valence-electron chi connectivity index (χ3n) is 6.33. The Morgan fingerprint density at radius 2 is 1.09 bits per heavy atom. The Morgan fingerprint density at radius 3 is 1.69 bits per heavy atom. The Labute approximate surface area is 191 Å². The van der Waals surface area contributed by atoms with Crippen LogP contribution in [0, 0.1) is 0 Å². The van der Waals surface area contributed by atoms with Gasteiger partial charge >= 0.3 is 0 Å². The van der Waals surface area contributed by atoms with Gasteiger partial charge < -0.3 is 9.47 Å². The molecule has 3 heteroatoms. The average Bonchev–Trinajstić information content (AvgIpc) is 2.78. The maximum absolute atomic E-state index is 12.9. The van der Waals surface area contributed by atoms with Crippen molar-refractivity contribution in [2.24, 2.45) is 0 Å². The molecule has 166 valence electrons. The average molecular weight is 429 g/mol. The second-order valence-corrected chi connectivity index (χ2v) is 9.96. The predicted molar refractivity (Wildman–Crippen MR) is 129 cm³/mol. The number of hydrogen-bond donors (Lipinski definition) is 0. The SMILES string of the molecule is CC1(C)CCCCC(C)(C)c2ccc(cc2)C(=O)c2ccc(cc2)Oc2ccc(cc2)O1. The summed E-state index contributed by atoms with van der Waals surface area (Å²) in [6.45, 7) is 8.85. The molecule has 0 saturated carbocycles. The van der Waals surface area contributed by atoms with Crippen LogP contribution in [0.15, 0.2) is 72.8 Å². The first-order chi connectivity index (χ1) is 15.2. The van der Waals surface area contributed by atoms with Crippen molar-refractivity contribution < 1.29 is 14.3 Å². The number of ether oxygens (including phenoxy) is 2. The normalized spacial score (nSPS) is 17.9. The lowest BCUT2D eigenvalue weighted by Gasteiger charge is -2.29. The van der Waals surface area contributed by atoms with Gasteiger partial charge in [0.05, 0.1) is 0 Å². The number of rotatable bonds is 0. The van der Waals surface area contributed by atoms with Crippen LogP contribution >= 0.6 is 0 Å². The van der Waals surface area contributed by atoms with Gasteiger partial charge in [0.15, 0.2) is 5.78 Å². The first kappa shape index (κ1) is 22.1. The van der Waals surface area contributed by atoms with Gasteiger partial charge in [-0.15, -0.1) is 0 Å². The third-order valence-corrected chi connectivity index (χ3v) is 6.33. The van der Waals surface area contributed by atoms with Crippen LogP contribution in [-0.4, -0.2) is 11.4 Å². The van der Waals surface area contributed by atoms with Crippen molar-refractivity contribution in [1.82, 2.24) is 0 Å². The molecule has 0 unspecified atom stereocenters. The Morgan fingerprint density at radius 1 is 0.625 bits per heavy atom. The maximum Gasteiger partial charge on any atom is 0.193 e. The number of carbonyl (C=O) groups is 1. The largest absolute Gasteiger partial charge is 0.488 e. The second-order valence-electron chi connectivity index (χ2n) is 9.96. The van der Waals surface area contributed by atoms with Crippen LogP contribution in [0.25, 0.3) is 0 Å². The molecule has 3 aromatic rings. The Kier molecular flexibility index (Phi) is 6.10. The molecule has 0 aliphatic carbocycles. The molecule has 5 aliphatic heterocycles. The molecule has 0 fully saturated rings. The summed E-state index contributed by atoms with van der Waals surface area (Å²) in [6.07, 6.45) is 4.30. The standard InChI is InChI=1S/C29H32O3/c1-28(2)19-5-6-20-29(3,4)32-26-17-15-25(16-18-26)31-24-13-9-22(10-14-24)27(30)21-7-11-23(28)12-8-21/h7-18H,5-6,19-20H2,1-4H3. The highest BCUT2D eigenvalue weighted by molar-refractivity contribution is 6.09. The van der Waals surface area contributed by atoms with Gasteiger partial charge in [-0.3, -0.25) is 4.79 Å². The van der Waals surface area contributed by atoms with Gasteiger partial charge in [-0.1, -0.05) is 44.5 Å². The van der Waals surface area contributed by atoms with Crippen molar-refractivity contribution in [3.05, 3.63) is 89.5 Å². The Balaban J connectivity index is 1.64. The molecule has 0 atom stereocenters. The van der Waals surface area contributed by atoms with Crippen molar-refractivity contribution in [2.75, 3.05) is 0 Å². The van der Waals surface area contributed by atoms with E-state index in [1.807, 2.05) is 60.7 Å². The van der Waals surface area contributed by atoms with Gasteiger partial charge in [-0.2, -0.15) is 0 Å². The molecule has 32 heavy (non-hydrogen) atoms. The molecule has 5 heterocycles. The molecule has 0 saturated heterocycles. The molecule has 3 aromatic carbocycles. The van der Waals surface area contributed by atoms with E-state index in [1.165, 1.54) is 5.56 Å². The fourth-order valence-corrected chi connectivity index (χ4v) is 4.26. The Bertz CT molecular complexity index is 1060. The maximum atomic E-state index is 12.9. The van der Waals surface area contributed by atoms with Crippen molar-refractivity contribution in [2.45, 2.75) is 64.4 Å². The Hall–Kier alpha value is -3.07. The van der Waals surface area contributed by atoms with E-state index in [4.69, 9.17) is 9.47 Å². The van der Waals surface area contributed by atoms with E-state index in [0.717, 1.165) is 37.2 Å². The highest BCUT2D eigenvalue weighted by atomic mass is 16.5.